The first-order valence-electron chi connectivity index (χ1n) is 7.44. The van der Waals surface area contributed by atoms with Gasteiger partial charge in [0.2, 0.25) is 5.91 Å². The van der Waals surface area contributed by atoms with E-state index in [4.69, 9.17) is 0 Å². The summed E-state index contributed by atoms with van der Waals surface area (Å²) >= 11 is 0. The summed E-state index contributed by atoms with van der Waals surface area (Å²) in [6, 6.07) is 0.353. The highest BCUT2D eigenvalue weighted by molar-refractivity contribution is 5.76. The van der Waals surface area contributed by atoms with E-state index >= 15 is 0 Å². The lowest BCUT2D eigenvalue weighted by Crippen LogP contribution is -2.40. The van der Waals surface area contributed by atoms with E-state index in [0.717, 1.165) is 44.4 Å². The van der Waals surface area contributed by atoms with Crippen LogP contribution in [-0.4, -0.2) is 35.1 Å². The van der Waals surface area contributed by atoms with Crippen LogP contribution in [-0.2, 0) is 4.79 Å². The van der Waals surface area contributed by atoms with Crippen molar-refractivity contribution in [3.63, 3.8) is 0 Å². The highest BCUT2D eigenvalue weighted by Gasteiger charge is 2.25. The minimum Gasteiger partial charge on any atom is -0.393 e. The van der Waals surface area contributed by atoms with Crippen molar-refractivity contribution in [2.75, 3.05) is 7.05 Å². The van der Waals surface area contributed by atoms with Crippen molar-refractivity contribution in [2.24, 2.45) is 5.92 Å². The van der Waals surface area contributed by atoms with Crippen LogP contribution in [0.4, 0.5) is 0 Å². The summed E-state index contributed by atoms with van der Waals surface area (Å²) < 4.78 is 0. The molecule has 106 valence electrons. The second kappa shape index (κ2) is 7.78. The van der Waals surface area contributed by atoms with Gasteiger partial charge in [-0.1, -0.05) is 26.7 Å². The number of hydrogen-bond donors (Lipinski definition) is 1. The number of nitrogens with zero attached hydrogens (tertiary/aromatic N) is 1. The second-order valence-corrected chi connectivity index (χ2v) is 6.11. The average Bonchev–Trinajstić information content (AvgIpc) is 2.34. The van der Waals surface area contributed by atoms with Crippen molar-refractivity contribution < 1.29 is 9.90 Å². The Morgan fingerprint density at radius 3 is 2.39 bits per heavy atom. The number of rotatable bonds is 6. The maximum atomic E-state index is 12.0. The van der Waals surface area contributed by atoms with Gasteiger partial charge in [0.25, 0.3) is 0 Å². The maximum absolute atomic E-state index is 12.0. The van der Waals surface area contributed by atoms with E-state index in [-0.39, 0.29) is 12.0 Å². The van der Waals surface area contributed by atoms with Gasteiger partial charge in [0, 0.05) is 19.5 Å². The molecule has 0 aromatic heterocycles. The zero-order chi connectivity index (χ0) is 13.5. The molecule has 0 aliphatic heterocycles. The number of carbonyl (C=O) groups excluding carboxylic acids is 1. The molecular formula is C15H29NO2. The Bertz CT molecular complexity index is 245. The minimum atomic E-state index is -0.143. The monoisotopic (exact) mass is 255 g/mol. The molecule has 0 bridgehead atoms. The number of unbranched alkanes of at least 4 members (excludes halogenated alkanes) is 1. The Labute approximate surface area is 112 Å². The molecule has 3 heteroatoms. The molecule has 0 saturated heterocycles. The molecule has 1 amide bonds. The van der Waals surface area contributed by atoms with E-state index in [9.17, 15) is 9.90 Å². The molecule has 0 aromatic carbocycles. The summed E-state index contributed by atoms with van der Waals surface area (Å²) in [5.74, 6) is 1.01. The molecule has 1 saturated carbocycles. The molecule has 3 nitrogen and oxygen atoms in total. The Morgan fingerprint density at radius 2 is 1.83 bits per heavy atom. The lowest BCUT2D eigenvalue weighted by Gasteiger charge is -2.33. The molecule has 1 aliphatic rings. The number of hydrogen-bond acceptors (Lipinski definition) is 2. The zero-order valence-electron chi connectivity index (χ0n) is 12.2. The van der Waals surface area contributed by atoms with Gasteiger partial charge in [-0.05, 0) is 38.0 Å². The van der Waals surface area contributed by atoms with E-state index in [0.29, 0.717) is 12.5 Å². The third-order valence-electron chi connectivity index (χ3n) is 4.03. The fourth-order valence-electron chi connectivity index (χ4n) is 2.65. The first-order valence-corrected chi connectivity index (χ1v) is 7.44. The lowest BCUT2D eigenvalue weighted by molar-refractivity contribution is -0.133. The van der Waals surface area contributed by atoms with Crippen molar-refractivity contribution in [1.82, 2.24) is 4.90 Å². The molecule has 1 aliphatic carbocycles. The van der Waals surface area contributed by atoms with Crippen molar-refractivity contribution in [3.8, 4) is 0 Å². The number of carbonyl (C=O) groups is 1. The molecule has 0 aromatic rings. The van der Waals surface area contributed by atoms with Crippen LogP contribution < -0.4 is 0 Å². The molecule has 0 radical (unpaired) electrons. The van der Waals surface area contributed by atoms with Gasteiger partial charge < -0.3 is 10.0 Å². The SMILES string of the molecule is CC(C)CCCCC(=O)N(C)C1CCC(O)CC1. The van der Waals surface area contributed by atoms with Crippen molar-refractivity contribution >= 4 is 5.91 Å². The molecule has 18 heavy (non-hydrogen) atoms. The molecule has 0 spiro atoms. The van der Waals surface area contributed by atoms with Gasteiger partial charge in [0.15, 0.2) is 0 Å². The molecular weight excluding hydrogens is 226 g/mol. The Balaban J connectivity index is 2.20. The molecule has 1 fully saturated rings. The van der Waals surface area contributed by atoms with Crippen LogP contribution in [0.1, 0.15) is 65.2 Å². The van der Waals surface area contributed by atoms with Gasteiger partial charge in [0.05, 0.1) is 6.10 Å². The number of aliphatic hydroxyl groups excluding tert-OH is 1. The van der Waals surface area contributed by atoms with Crippen LogP contribution in [0.15, 0.2) is 0 Å². The van der Waals surface area contributed by atoms with Gasteiger partial charge in [-0.15, -0.1) is 0 Å². The van der Waals surface area contributed by atoms with Crippen molar-refractivity contribution in [2.45, 2.75) is 77.4 Å². The lowest BCUT2D eigenvalue weighted by atomic mass is 9.92. The average molecular weight is 255 g/mol. The third kappa shape index (κ3) is 5.38. The fraction of sp³-hybridized carbons (Fsp3) is 0.933. The summed E-state index contributed by atoms with van der Waals surface area (Å²) in [4.78, 5) is 13.9. The van der Waals surface area contributed by atoms with Crippen molar-refractivity contribution in [1.29, 1.82) is 0 Å². The maximum Gasteiger partial charge on any atom is 0.222 e. The third-order valence-corrected chi connectivity index (χ3v) is 4.03. The van der Waals surface area contributed by atoms with Crippen LogP contribution in [0.2, 0.25) is 0 Å². The Hall–Kier alpha value is -0.570. The van der Waals surface area contributed by atoms with Gasteiger partial charge >= 0.3 is 0 Å². The largest absolute Gasteiger partial charge is 0.393 e. The smallest absolute Gasteiger partial charge is 0.222 e. The summed E-state index contributed by atoms with van der Waals surface area (Å²) in [5, 5.41) is 9.47. The molecule has 1 N–H and O–H groups in total. The minimum absolute atomic E-state index is 0.143. The molecule has 0 unspecified atom stereocenters. The van der Waals surface area contributed by atoms with E-state index in [1.54, 1.807) is 0 Å². The van der Waals surface area contributed by atoms with Gasteiger partial charge in [0.1, 0.15) is 0 Å². The van der Waals surface area contributed by atoms with Gasteiger partial charge in [-0.3, -0.25) is 4.79 Å². The molecule has 0 atom stereocenters. The van der Waals surface area contributed by atoms with Crippen molar-refractivity contribution in [3.05, 3.63) is 0 Å². The first-order chi connectivity index (χ1) is 8.50. The highest BCUT2D eigenvalue weighted by Crippen LogP contribution is 2.23. The van der Waals surface area contributed by atoms with Gasteiger partial charge in [-0.2, -0.15) is 0 Å². The predicted octanol–water partition coefficient (Wildman–Crippen LogP) is 2.96. The number of amides is 1. The first kappa shape index (κ1) is 15.5. The van der Waals surface area contributed by atoms with Crippen LogP contribution >= 0.6 is 0 Å². The predicted molar refractivity (Wildman–Crippen MR) is 74.3 cm³/mol. The van der Waals surface area contributed by atoms with Gasteiger partial charge in [-0.25, -0.2) is 0 Å². The fourth-order valence-corrected chi connectivity index (χ4v) is 2.65. The Kier molecular flexibility index (Phi) is 6.69. The standard InChI is InChI=1S/C15H29NO2/c1-12(2)6-4-5-7-15(18)16(3)13-8-10-14(17)11-9-13/h12-14,17H,4-11H2,1-3H3. The molecule has 1 rings (SSSR count). The summed E-state index contributed by atoms with van der Waals surface area (Å²) in [6.07, 6.45) is 7.51. The summed E-state index contributed by atoms with van der Waals surface area (Å²) in [5.41, 5.74) is 0. The van der Waals surface area contributed by atoms with Crippen LogP contribution in [0.5, 0.6) is 0 Å². The van der Waals surface area contributed by atoms with Crippen LogP contribution in [0.25, 0.3) is 0 Å². The van der Waals surface area contributed by atoms with E-state index in [1.165, 1.54) is 6.42 Å². The van der Waals surface area contributed by atoms with E-state index in [1.807, 2.05) is 11.9 Å². The summed E-state index contributed by atoms with van der Waals surface area (Å²) in [6.45, 7) is 4.45. The second-order valence-electron chi connectivity index (χ2n) is 6.11. The van der Waals surface area contributed by atoms with E-state index < -0.39 is 0 Å². The topological polar surface area (TPSA) is 40.5 Å². The highest BCUT2D eigenvalue weighted by atomic mass is 16.3. The quantitative estimate of drug-likeness (QED) is 0.741. The summed E-state index contributed by atoms with van der Waals surface area (Å²) in [7, 11) is 1.92. The van der Waals surface area contributed by atoms with Crippen LogP contribution in [0.3, 0.4) is 0 Å². The van der Waals surface area contributed by atoms with E-state index in [2.05, 4.69) is 13.8 Å². The molecule has 0 heterocycles. The zero-order valence-corrected chi connectivity index (χ0v) is 12.2. The number of aliphatic hydroxyl groups is 1. The van der Waals surface area contributed by atoms with Crippen LogP contribution in [0, 0.1) is 5.92 Å². The Morgan fingerprint density at radius 1 is 1.22 bits per heavy atom. The normalized spacial score (nSPS) is 24.3.